The first-order valence-corrected chi connectivity index (χ1v) is 7.24. The lowest BCUT2D eigenvalue weighted by atomic mass is 9.89. The molecule has 0 aromatic heterocycles. The fourth-order valence-electron chi connectivity index (χ4n) is 3.47. The van der Waals surface area contributed by atoms with Crippen LogP contribution in [-0.4, -0.2) is 24.5 Å². The van der Waals surface area contributed by atoms with E-state index in [-0.39, 0.29) is 5.41 Å². The summed E-state index contributed by atoms with van der Waals surface area (Å²) in [6.07, 6.45) is 7.94. The Morgan fingerprint density at radius 1 is 1.18 bits per heavy atom. The van der Waals surface area contributed by atoms with Gasteiger partial charge in [0.15, 0.2) is 0 Å². The van der Waals surface area contributed by atoms with E-state index in [1.165, 1.54) is 51.7 Å². The number of nitriles is 1. The van der Waals surface area contributed by atoms with Crippen LogP contribution in [0.3, 0.4) is 0 Å². The average Bonchev–Trinajstić information content (AvgIpc) is 2.84. The van der Waals surface area contributed by atoms with E-state index in [9.17, 15) is 0 Å². The smallest absolute Gasteiger partial charge is 0.0683 e. The van der Waals surface area contributed by atoms with Crippen LogP contribution in [0.15, 0.2) is 0 Å². The Hall–Kier alpha value is -0.550. The van der Waals surface area contributed by atoms with E-state index >= 15 is 0 Å². The van der Waals surface area contributed by atoms with Gasteiger partial charge in [0.1, 0.15) is 0 Å². The van der Waals surface area contributed by atoms with Crippen molar-refractivity contribution < 1.29 is 0 Å². The predicted molar refractivity (Wildman–Crippen MR) is 70.5 cm³/mol. The van der Waals surface area contributed by atoms with Crippen LogP contribution in [-0.2, 0) is 0 Å². The van der Waals surface area contributed by atoms with Gasteiger partial charge in [-0.05, 0) is 57.9 Å². The molecule has 2 nitrogen and oxygen atoms in total. The highest BCUT2D eigenvalue weighted by Crippen LogP contribution is 2.37. The van der Waals surface area contributed by atoms with Crippen molar-refractivity contribution in [1.82, 2.24) is 4.90 Å². The average molecular weight is 234 g/mol. The number of fused-ring (bicyclic) bond motifs is 1. The molecular weight excluding hydrogens is 208 g/mol. The van der Waals surface area contributed by atoms with Crippen molar-refractivity contribution in [3.05, 3.63) is 0 Å². The lowest BCUT2D eigenvalue weighted by Gasteiger charge is -2.18. The van der Waals surface area contributed by atoms with Crippen molar-refractivity contribution in [3.63, 3.8) is 0 Å². The third-order valence-corrected chi connectivity index (χ3v) is 4.63. The normalized spacial score (nSPS) is 29.2. The maximum atomic E-state index is 8.95. The largest absolute Gasteiger partial charge is 0.303 e. The molecule has 2 rings (SSSR count). The van der Waals surface area contributed by atoms with Gasteiger partial charge in [-0.15, -0.1) is 0 Å². The van der Waals surface area contributed by atoms with Gasteiger partial charge in [0.2, 0.25) is 0 Å². The first-order valence-electron chi connectivity index (χ1n) is 7.24. The summed E-state index contributed by atoms with van der Waals surface area (Å²) in [5.41, 5.74) is -0.123. The molecule has 0 aromatic carbocycles. The summed E-state index contributed by atoms with van der Waals surface area (Å²) in [6.45, 7) is 8.06. The second-order valence-electron chi connectivity index (χ2n) is 6.66. The maximum absolute atomic E-state index is 8.95. The molecule has 2 atom stereocenters. The number of hydrogen-bond donors (Lipinski definition) is 0. The number of unbranched alkanes of at least 4 members (excludes halogenated alkanes) is 1. The van der Waals surface area contributed by atoms with Crippen LogP contribution in [0.25, 0.3) is 0 Å². The summed E-state index contributed by atoms with van der Waals surface area (Å²) < 4.78 is 0. The topological polar surface area (TPSA) is 27.0 Å². The molecule has 1 aliphatic heterocycles. The monoisotopic (exact) mass is 234 g/mol. The van der Waals surface area contributed by atoms with Crippen LogP contribution in [0.1, 0.15) is 52.4 Å². The number of nitrogens with zero attached hydrogens (tertiary/aromatic N) is 2. The minimum atomic E-state index is -0.123. The van der Waals surface area contributed by atoms with Gasteiger partial charge in [-0.25, -0.2) is 0 Å². The summed E-state index contributed by atoms with van der Waals surface area (Å²) in [5, 5.41) is 8.95. The van der Waals surface area contributed by atoms with Crippen LogP contribution >= 0.6 is 0 Å². The zero-order chi connectivity index (χ0) is 12.3. The van der Waals surface area contributed by atoms with Crippen molar-refractivity contribution in [2.24, 2.45) is 17.3 Å². The van der Waals surface area contributed by atoms with Gasteiger partial charge in [0, 0.05) is 13.1 Å². The molecule has 96 valence electrons. The van der Waals surface area contributed by atoms with Gasteiger partial charge in [0.05, 0.1) is 11.5 Å². The van der Waals surface area contributed by atoms with E-state index < -0.39 is 0 Å². The summed E-state index contributed by atoms with van der Waals surface area (Å²) in [6, 6.07) is 2.39. The van der Waals surface area contributed by atoms with Crippen LogP contribution in [0, 0.1) is 28.6 Å². The molecule has 1 saturated carbocycles. The van der Waals surface area contributed by atoms with Crippen LogP contribution in [0.2, 0.25) is 0 Å². The Morgan fingerprint density at radius 2 is 1.82 bits per heavy atom. The third kappa shape index (κ3) is 3.45. The Labute approximate surface area is 106 Å². The fraction of sp³-hybridized carbons (Fsp3) is 0.933. The fourth-order valence-corrected chi connectivity index (χ4v) is 3.47. The molecule has 0 amide bonds. The van der Waals surface area contributed by atoms with E-state index in [2.05, 4.69) is 11.0 Å². The maximum Gasteiger partial charge on any atom is 0.0683 e. The van der Waals surface area contributed by atoms with Gasteiger partial charge in [-0.3, -0.25) is 0 Å². The zero-order valence-electron chi connectivity index (χ0n) is 11.4. The van der Waals surface area contributed by atoms with Crippen molar-refractivity contribution in [3.8, 4) is 6.07 Å². The molecule has 17 heavy (non-hydrogen) atoms. The highest BCUT2D eigenvalue weighted by molar-refractivity contribution is 4.91. The quantitative estimate of drug-likeness (QED) is 0.681. The number of likely N-dealkylation sites (tertiary alicyclic amines) is 1. The van der Waals surface area contributed by atoms with Crippen molar-refractivity contribution in [2.45, 2.75) is 52.4 Å². The van der Waals surface area contributed by atoms with E-state index in [1.807, 2.05) is 13.8 Å². The molecule has 2 heteroatoms. The van der Waals surface area contributed by atoms with Gasteiger partial charge in [-0.2, -0.15) is 5.26 Å². The molecule has 0 bridgehead atoms. The summed E-state index contributed by atoms with van der Waals surface area (Å²) in [7, 11) is 0. The van der Waals surface area contributed by atoms with Gasteiger partial charge in [-0.1, -0.05) is 12.8 Å². The molecular formula is C15H26N2. The molecule has 1 saturated heterocycles. The zero-order valence-corrected chi connectivity index (χ0v) is 11.4. The number of hydrogen-bond acceptors (Lipinski definition) is 2. The van der Waals surface area contributed by atoms with E-state index in [0.717, 1.165) is 18.3 Å². The van der Waals surface area contributed by atoms with E-state index in [0.29, 0.717) is 0 Å². The van der Waals surface area contributed by atoms with E-state index in [1.54, 1.807) is 0 Å². The van der Waals surface area contributed by atoms with E-state index in [4.69, 9.17) is 5.26 Å². The molecule has 0 radical (unpaired) electrons. The summed E-state index contributed by atoms with van der Waals surface area (Å²) >= 11 is 0. The first kappa shape index (κ1) is 12.9. The highest BCUT2D eigenvalue weighted by Gasteiger charge is 2.35. The number of rotatable bonds is 5. The molecule has 0 aromatic rings. The Balaban J connectivity index is 1.59. The summed E-state index contributed by atoms with van der Waals surface area (Å²) in [5.74, 6) is 2.04. The third-order valence-electron chi connectivity index (χ3n) is 4.63. The van der Waals surface area contributed by atoms with Gasteiger partial charge >= 0.3 is 0 Å². The summed E-state index contributed by atoms with van der Waals surface area (Å²) in [4.78, 5) is 2.66. The molecule has 0 spiro atoms. The Bertz CT molecular complexity index is 278. The predicted octanol–water partition coefficient (Wildman–Crippen LogP) is 3.44. The first-order chi connectivity index (χ1) is 8.11. The van der Waals surface area contributed by atoms with Crippen molar-refractivity contribution in [2.75, 3.05) is 19.6 Å². The van der Waals surface area contributed by atoms with Gasteiger partial charge in [0.25, 0.3) is 0 Å². The van der Waals surface area contributed by atoms with Crippen LogP contribution in [0.4, 0.5) is 0 Å². The second-order valence-corrected chi connectivity index (χ2v) is 6.66. The van der Waals surface area contributed by atoms with Crippen molar-refractivity contribution in [1.29, 1.82) is 5.26 Å². The highest BCUT2D eigenvalue weighted by atomic mass is 15.2. The SMILES string of the molecule is CC(C)(C#N)CCCCN1CC2CCCC2C1. The molecule has 2 fully saturated rings. The lowest BCUT2D eigenvalue weighted by Crippen LogP contribution is -2.23. The van der Waals surface area contributed by atoms with Gasteiger partial charge < -0.3 is 4.90 Å². The molecule has 1 aliphatic carbocycles. The Morgan fingerprint density at radius 3 is 2.41 bits per heavy atom. The molecule has 0 N–H and O–H groups in total. The lowest BCUT2D eigenvalue weighted by molar-refractivity contribution is 0.295. The van der Waals surface area contributed by atoms with Crippen molar-refractivity contribution >= 4 is 0 Å². The minimum Gasteiger partial charge on any atom is -0.303 e. The van der Waals surface area contributed by atoms with Crippen LogP contribution in [0.5, 0.6) is 0 Å². The molecule has 2 unspecified atom stereocenters. The standard InChI is InChI=1S/C15H26N2/c1-15(2,12-16)8-3-4-9-17-10-13-6-5-7-14(13)11-17/h13-14H,3-11H2,1-2H3. The Kier molecular flexibility index (Phi) is 4.09. The molecule has 2 aliphatic rings. The molecule has 1 heterocycles. The second kappa shape index (κ2) is 5.40. The van der Waals surface area contributed by atoms with Crippen LogP contribution < -0.4 is 0 Å². The minimum absolute atomic E-state index is 0.123.